The first kappa shape index (κ1) is 15.1. The van der Waals surface area contributed by atoms with Crippen LogP contribution in [-0.4, -0.2) is 17.3 Å². The summed E-state index contributed by atoms with van der Waals surface area (Å²) in [4.78, 5) is 4.46. The first-order chi connectivity index (χ1) is 11.3. The molecule has 0 aliphatic rings. The molecule has 0 saturated carbocycles. The minimum absolute atomic E-state index is 0.274. The molecule has 0 amide bonds. The van der Waals surface area contributed by atoms with Crippen LogP contribution in [0.3, 0.4) is 0 Å². The van der Waals surface area contributed by atoms with Gasteiger partial charge in [0.25, 0.3) is 5.89 Å². The highest BCUT2D eigenvalue weighted by molar-refractivity contribution is 5.56. The van der Waals surface area contributed by atoms with Crippen LogP contribution in [0.15, 0.2) is 59.1 Å². The van der Waals surface area contributed by atoms with Crippen molar-refractivity contribution < 1.29 is 14.0 Å². The Morgan fingerprint density at radius 3 is 2.57 bits per heavy atom. The number of hydrogen-bond acceptors (Lipinski definition) is 5. The summed E-state index contributed by atoms with van der Waals surface area (Å²) < 4.78 is 16.5. The van der Waals surface area contributed by atoms with Gasteiger partial charge >= 0.3 is 0 Å². The van der Waals surface area contributed by atoms with E-state index in [9.17, 15) is 0 Å². The number of benzene rings is 2. The average molecular weight is 310 g/mol. The molecule has 2 aromatic carbocycles. The molecule has 0 spiro atoms. The zero-order chi connectivity index (χ0) is 16.1. The van der Waals surface area contributed by atoms with Crippen molar-refractivity contribution in [3.05, 3.63) is 60.5 Å². The van der Waals surface area contributed by atoms with Gasteiger partial charge in [0.15, 0.2) is 6.10 Å². The standard InChI is InChI=1S/C18H18N2O3/c1-3-16(22-14-9-5-4-6-10-14)18-19-17(20-23-18)13-8-7-11-15(12-13)21-2/h4-12,16H,3H2,1-2H3/t16-/m0/s1. The highest BCUT2D eigenvalue weighted by atomic mass is 16.5. The second-order valence-corrected chi connectivity index (χ2v) is 5.02. The summed E-state index contributed by atoms with van der Waals surface area (Å²) in [6, 6.07) is 17.2. The van der Waals surface area contributed by atoms with E-state index in [1.165, 1.54) is 0 Å². The lowest BCUT2D eigenvalue weighted by molar-refractivity contribution is 0.154. The predicted octanol–water partition coefficient (Wildman–Crippen LogP) is 4.28. The summed E-state index contributed by atoms with van der Waals surface area (Å²) in [5.41, 5.74) is 0.842. The molecular weight excluding hydrogens is 292 g/mol. The van der Waals surface area contributed by atoms with Crippen LogP contribution in [0, 0.1) is 0 Å². The zero-order valence-electron chi connectivity index (χ0n) is 13.1. The quantitative estimate of drug-likeness (QED) is 0.680. The van der Waals surface area contributed by atoms with Gasteiger partial charge in [-0.15, -0.1) is 0 Å². The summed E-state index contributed by atoms with van der Waals surface area (Å²) in [6.07, 6.45) is 0.457. The molecule has 0 unspecified atom stereocenters. The maximum absolute atomic E-state index is 5.92. The molecule has 3 aromatic rings. The van der Waals surface area contributed by atoms with Crippen molar-refractivity contribution in [1.29, 1.82) is 0 Å². The molecular formula is C18H18N2O3. The maximum Gasteiger partial charge on any atom is 0.268 e. The number of hydrogen-bond donors (Lipinski definition) is 0. The van der Waals surface area contributed by atoms with Crippen molar-refractivity contribution in [2.24, 2.45) is 0 Å². The van der Waals surface area contributed by atoms with Gasteiger partial charge in [-0.3, -0.25) is 0 Å². The van der Waals surface area contributed by atoms with Crippen LogP contribution < -0.4 is 9.47 Å². The van der Waals surface area contributed by atoms with Crippen LogP contribution in [0.25, 0.3) is 11.4 Å². The van der Waals surface area contributed by atoms with Crippen LogP contribution in [0.5, 0.6) is 11.5 Å². The van der Waals surface area contributed by atoms with Crippen LogP contribution in [0.2, 0.25) is 0 Å². The number of para-hydroxylation sites is 1. The van der Waals surface area contributed by atoms with Crippen LogP contribution in [-0.2, 0) is 0 Å². The normalized spacial score (nSPS) is 11.9. The van der Waals surface area contributed by atoms with Gasteiger partial charge in [0.2, 0.25) is 5.82 Å². The van der Waals surface area contributed by atoms with Crippen molar-refractivity contribution in [2.45, 2.75) is 19.4 Å². The Morgan fingerprint density at radius 2 is 1.83 bits per heavy atom. The molecule has 1 atom stereocenters. The van der Waals surface area contributed by atoms with Gasteiger partial charge in [0.1, 0.15) is 11.5 Å². The molecule has 1 aromatic heterocycles. The lowest BCUT2D eigenvalue weighted by Gasteiger charge is -2.13. The third kappa shape index (κ3) is 3.51. The van der Waals surface area contributed by atoms with E-state index in [0.29, 0.717) is 11.7 Å². The van der Waals surface area contributed by atoms with Crippen molar-refractivity contribution in [3.63, 3.8) is 0 Å². The summed E-state index contributed by atoms with van der Waals surface area (Å²) in [7, 11) is 1.63. The van der Waals surface area contributed by atoms with E-state index in [1.54, 1.807) is 7.11 Å². The molecule has 5 heteroatoms. The highest BCUT2D eigenvalue weighted by Crippen LogP contribution is 2.26. The maximum atomic E-state index is 5.92. The average Bonchev–Trinajstić information content (AvgIpc) is 3.10. The van der Waals surface area contributed by atoms with E-state index in [1.807, 2.05) is 61.5 Å². The SMILES string of the molecule is CC[C@H](Oc1ccccc1)c1nc(-c2cccc(OC)c2)no1. The van der Waals surface area contributed by atoms with Gasteiger partial charge in [0.05, 0.1) is 7.11 Å². The molecule has 0 aliphatic carbocycles. The van der Waals surface area contributed by atoms with Crippen LogP contribution >= 0.6 is 0 Å². The molecule has 23 heavy (non-hydrogen) atoms. The summed E-state index contributed by atoms with van der Waals surface area (Å²) in [5, 5.41) is 4.05. The Balaban J connectivity index is 1.81. The Kier molecular flexibility index (Phi) is 4.57. The molecule has 1 heterocycles. The van der Waals surface area contributed by atoms with Crippen molar-refractivity contribution in [3.8, 4) is 22.9 Å². The van der Waals surface area contributed by atoms with Crippen molar-refractivity contribution >= 4 is 0 Å². The number of rotatable bonds is 6. The number of aromatic nitrogens is 2. The largest absolute Gasteiger partial charge is 0.497 e. The lowest BCUT2D eigenvalue weighted by atomic mass is 10.2. The fourth-order valence-corrected chi connectivity index (χ4v) is 2.22. The van der Waals surface area contributed by atoms with Gasteiger partial charge in [-0.2, -0.15) is 4.98 Å². The third-order valence-electron chi connectivity index (χ3n) is 3.44. The number of ether oxygens (including phenoxy) is 2. The zero-order valence-corrected chi connectivity index (χ0v) is 13.1. The first-order valence-electron chi connectivity index (χ1n) is 7.50. The highest BCUT2D eigenvalue weighted by Gasteiger charge is 2.20. The van der Waals surface area contributed by atoms with Gasteiger partial charge in [0, 0.05) is 5.56 Å². The Labute approximate surface area is 134 Å². The second-order valence-electron chi connectivity index (χ2n) is 5.02. The molecule has 0 aliphatic heterocycles. The summed E-state index contributed by atoms with van der Waals surface area (Å²) in [5.74, 6) is 2.52. The van der Waals surface area contributed by atoms with Crippen molar-refractivity contribution in [1.82, 2.24) is 10.1 Å². The van der Waals surface area contributed by atoms with E-state index >= 15 is 0 Å². The van der Waals surface area contributed by atoms with Gasteiger partial charge in [-0.05, 0) is 30.7 Å². The molecule has 0 radical (unpaired) electrons. The topological polar surface area (TPSA) is 57.4 Å². The monoisotopic (exact) mass is 310 g/mol. The summed E-state index contributed by atoms with van der Waals surface area (Å²) >= 11 is 0. The molecule has 0 saturated heterocycles. The van der Waals surface area contributed by atoms with Gasteiger partial charge < -0.3 is 14.0 Å². The van der Waals surface area contributed by atoms with Crippen molar-refractivity contribution in [2.75, 3.05) is 7.11 Å². The Hall–Kier alpha value is -2.82. The van der Waals surface area contributed by atoms with E-state index < -0.39 is 0 Å². The molecule has 0 fully saturated rings. The lowest BCUT2D eigenvalue weighted by Crippen LogP contribution is -2.06. The molecule has 5 nitrogen and oxygen atoms in total. The van der Waals surface area contributed by atoms with Gasteiger partial charge in [-0.25, -0.2) is 0 Å². The van der Waals surface area contributed by atoms with E-state index in [0.717, 1.165) is 23.5 Å². The Bertz CT molecular complexity index is 756. The third-order valence-corrected chi connectivity index (χ3v) is 3.44. The minimum atomic E-state index is -0.274. The fraction of sp³-hybridized carbons (Fsp3) is 0.222. The molecule has 0 bridgehead atoms. The van der Waals surface area contributed by atoms with E-state index in [2.05, 4.69) is 10.1 Å². The Morgan fingerprint density at radius 1 is 1.04 bits per heavy atom. The smallest absolute Gasteiger partial charge is 0.268 e. The first-order valence-corrected chi connectivity index (χ1v) is 7.50. The van der Waals surface area contributed by atoms with Crippen LogP contribution in [0.1, 0.15) is 25.3 Å². The predicted molar refractivity (Wildman–Crippen MR) is 86.4 cm³/mol. The molecule has 118 valence electrons. The van der Waals surface area contributed by atoms with Gasteiger partial charge in [-0.1, -0.05) is 42.4 Å². The van der Waals surface area contributed by atoms with Crippen LogP contribution in [0.4, 0.5) is 0 Å². The number of nitrogens with zero attached hydrogens (tertiary/aromatic N) is 2. The van der Waals surface area contributed by atoms with E-state index in [-0.39, 0.29) is 6.10 Å². The second kappa shape index (κ2) is 6.96. The molecule has 3 rings (SSSR count). The fourth-order valence-electron chi connectivity index (χ4n) is 2.22. The minimum Gasteiger partial charge on any atom is -0.497 e. The number of methoxy groups -OCH3 is 1. The van der Waals surface area contributed by atoms with E-state index in [4.69, 9.17) is 14.0 Å². The summed E-state index contributed by atoms with van der Waals surface area (Å²) in [6.45, 7) is 2.02. The molecule has 0 N–H and O–H groups in total.